The molecule has 3 heterocycles. The van der Waals surface area contributed by atoms with Gasteiger partial charge in [-0.2, -0.15) is 4.85 Å². The highest BCUT2D eigenvalue weighted by Gasteiger charge is 2.34. The minimum absolute atomic E-state index is 0.176. The van der Waals surface area contributed by atoms with Crippen molar-refractivity contribution in [2.24, 2.45) is 4.85 Å². The van der Waals surface area contributed by atoms with Crippen LogP contribution in [0.15, 0.2) is 193 Å². The summed E-state index contributed by atoms with van der Waals surface area (Å²) < 4.78 is 31.6. The standard InChI is InChI=1S/C26H29N2O4P.C16H16O3.C12H10O2.C4H8O2.C4H8O/c1-20(2)31-25(29)28(26(30)32-21(3)4)27-33(22-14-8-5-9-15-22,23-16-10-6-11-17-23)24-18-12-7-13-19-24;17-14-5-1-12(2-6-14)13-3-7-15(8-4-13)19-16-9-10-18-11-16;13-11-5-1-9(2-6-11)10-3-7-12(14)8-4-10;5-4-1-2-6-3-4;1-2-4-5-3-1/h5-21H,1-4H3;1-8,16-17H,9-11H2;1-8,13-14H;4-5H,1-3H2;1-4H2. The number of amides is 2. The minimum atomic E-state index is -2.85. The number of aromatic hydroxyl groups is 3. The number of nitrogens with zero attached hydrogens (tertiary/aromatic N) is 2. The van der Waals surface area contributed by atoms with Crippen LogP contribution >= 0.6 is 7.05 Å². The largest absolute Gasteiger partial charge is 0.508 e. The van der Waals surface area contributed by atoms with Crippen LogP contribution in [0.2, 0.25) is 0 Å². The molecule has 0 saturated carbocycles. The number of ether oxygens (including phenoxy) is 6. The molecule has 2 unspecified atom stereocenters. The maximum atomic E-state index is 13.1. The Bertz CT molecular complexity index is 2660. The van der Waals surface area contributed by atoms with Crippen molar-refractivity contribution in [3.05, 3.63) is 188 Å². The Morgan fingerprint density at radius 2 is 0.857 bits per heavy atom. The van der Waals surface area contributed by atoms with Crippen molar-refractivity contribution in [2.75, 3.05) is 39.6 Å². The molecule has 7 aromatic carbocycles. The number of phenolic OH excluding ortho intramolecular Hbond substituents is 3. The fourth-order valence-corrected chi connectivity index (χ4v) is 11.3. The molecule has 14 nitrogen and oxygen atoms in total. The van der Waals surface area contributed by atoms with E-state index in [4.69, 9.17) is 48.6 Å². The van der Waals surface area contributed by atoms with E-state index >= 15 is 0 Å². The van der Waals surface area contributed by atoms with Crippen molar-refractivity contribution in [1.29, 1.82) is 0 Å². The average molecular weight is 1070 g/mol. The lowest BCUT2D eigenvalue weighted by molar-refractivity contribution is 0.0523. The van der Waals surface area contributed by atoms with Crippen molar-refractivity contribution in [3.63, 3.8) is 0 Å². The number of benzene rings is 7. The molecular formula is C62H71N2O12P. The van der Waals surface area contributed by atoms with Crippen molar-refractivity contribution >= 4 is 35.2 Å². The van der Waals surface area contributed by atoms with Gasteiger partial charge in [-0.1, -0.05) is 145 Å². The highest BCUT2D eigenvalue weighted by molar-refractivity contribution is 7.87. The zero-order chi connectivity index (χ0) is 54.8. The second-order valence-corrected chi connectivity index (χ2v) is 21.5. The first kappa shape index (κ1) is 58.8. The molecule has 7 aromatic rings. The number of carbonyl (C=O) groups excluding carboxylic acids is 2. The van der Waals surface area contributed by atoms with E-state index in [0.717, 1.165) is 88.2 Å². The maximum Gasteiger partial charge on any atom is 0.440 e. The van der Waals surface area contributed by atoms with E-state index in [-0.39, 0.29) is 29.5 Å². The van der Waals surface area contributed by atoms with Gasteiger partial charge in [-0.3, -0.25) is 0 Å². The van der Waals surface area contributed by atoms with E-state index in [2.05, 4.69) is 0 Å². The van der Waals surface area contributed by atoms with Crippen LogP contribution in [0.3, 0.4) is 0 Å². The van der Waals surface area contributed by atoms with Crippen molar-refractivity contribution in [1.82, 2.24) is 5.01 Å². The Hall–Kier alpha value is -7.45. The number of aliphatic hydroxyl groups is 1. The van der Waals surface area contributed by atoms with Crippen molar-refractivity contribution < 1.29 is 58.4 Å². The van der Waals surface area contributed by atoms with E-state index in [9.17, 15) is 14.7 Å². The number of aliphatic hydroxyl groups excluding tert-OH is 1. The molecule has 4 N–H and O–H groups in total. The highest BCUT2D eigenvalue weighted by atomic mass is 31.2. The van der Waals surface area contributed by atoms with Gasteiger partial charge in [0.05, 0.1) is 45.2 Å². The maximum absolute atomic E-state index is 13.1. The zero-order valence-electron chi connectivity index (χ0n) is 44.2. The first-order valence-electron chi connectivity index (χ1n) is 25.9. The van der Waals surface area contributed by atoms with Crippen LogP contribution < -0.4 is 20.7 Å². The number of carbonyl (C=O) groups is 2. The smallest absolute Gasteiger partial charge is 0.440 e. The summed E-state index contributed by atoms with van der Waals surface area (Å²) in [7, 11) is -2.85. The Balaban J connectivity index is 0.000000182. The first-order valence-corrected chi connectivity index (χ1v) is 27.6. The molecule has 3 aliphatic rings. The molecule has 10 rings (SSSR count). The van der Waals surface area contributed by atoms with Crippen molar-refractivity contribution in [3.8, 4) is 45.3 Å². The lowest BCUT2D eigenvalue weighted by Crippen LogP contribution is -2.38. The predicted molar refractivity (Wildman–Crippen MR) is 303 cm³/mol. The summed E-state index contributed by atoms with van der Waals surface area (Å²) in [5.74, 6) is 1.67. The molecule has 3 saturated heterocycles. The third-order valence-electron chi connectivity index (χ3n) is 11.7. The third kappa shape index (κ3) is 19.0. The molecule has 0 aromatic heterocycles. The number of rotatable bonds is 10. The van der Waals surface area contributed by atoms with Gasteiger partial charge in [0, 0.05) is 42.2 Å². The molecule has 0 radical (unpaired) electrons. The number of hydrogen-bond acceptors (Lipinski definition) is 13. The van der Waals surface area contributed by atoms with E-state index in [1.807, 2.05) is 152 Å². The van der Waals surface area contributed by atoms with Crippen LogP contribution in [0.1, 0.15) is 53.4 Å². The van der Waals surface area contributed by atoms with E-state index < -0.39 is 31.4 Å². The van der Waals surface area contributed by atoms with Crippen LogP contribution in [0.25, 0.3) is 22.3 Å². The quantitative estimate of drug-likeness (QED) is 0.0751. The normalized spacial score (nSPS) is 15.4. The monoisotopic (exact) mass is 1070 g/mol. The van der Waals surface area contributed by atoms with E-state index in [0.29, 0.717) is 13.2 Å². The summed E-state index contributed by atoms with van der Waals surface area (Å²) in [6.45, 7) is 11.6. The molecule has 0 aliphatic carbocycles. The Labute approximate surface area is 452 Å². The van der Waals surface area contributed by atoms with Gasteiger partial charge in [0.15, 0.2) is 0 Å². The number of imide groups is 1. The molecular weight excluding hydrogens is 996 g/mol. The summed E-state index contributed by atoms with van der Waals surface area (Å²) in [5.41, 5.74) is 4.22. The van der Waals surface area contributed by atoms with Gasteiger partial charge in [-0.15, -0.1) is 0 Å². The second kappa shape index (κ2) is 30.9. The van der Waals surface area contributed by atoms with E-state index in [1.165, 1.54) is 12.8 Å². The van der Waals surface area contributed by atoms with Gasteiger partial charge in [0.2, 0.25) is 0 Å². The van der Waals surface area contributed by atoms with Crippen LogP contribution in [-0.4, -0.2) is 102 Å². The number of phenols is 3. The van der Waals surface area contributed by atoms with Crippen LogP contribution in [0, 0.1) is 0 Å². The summed E-state index contributed by atoms with van der Waals surface area (Å²) >= 11 is 0. The third-order valence-corrected chi connectivity index (χ3v) is 15.3. The van der Waals surface area contributed by atoms with Gasteiger partial charge in [-0.25, -0.2) is 9.59 Å². The summed E-state index contributed by atoms with van der Waals surface area (Å²) in [4.78, 5) is 31.1. The summed E-state index contributed by atoms with van der Waals surface area (Å²) in [6.07, 6.45) is 1.73. The minimum Gasteiger partial charge on any atom is -0.508 e. The Morgan fingerprint density at radius 3 is 1.14 bits per heavy atom. The first-order chi connectivity index (χ1) is 37.3. The summed E-state index contributed by atoms with van der Waals surface area (Å²) in [6, 6.07) is 58.2. The Morgan fingerprint density at radius 1 is 0.494 bits per heavy atom. The Kier molecular flexibility index (Phi) is 23.6. The van der Waals surface area contributed by atoms with E-state index in [1.54, 1.807) is 64.1 Å². The summed E-state index contributed by atoms with van der Waals surface area (Å²) in [5, 5.41) is 39.5. The zero-order valence-corrected chi connectivity index (χ0v) is 45.1. The topological polar surface area (TPSA) is 186 Å². The lowest BCUT2D eigenvalue weighted by atomic mass is 10.1. The molecule has 77 heavy (non-hydrogen) atoms. The van der Waals surface area contributed by atoms with Crippen LogP contribution in [0.5, 0.6) is 23.0 Å². The average Bonchev–Trinajstić information content (AvgIpc) is 4.31. The van der Waals surface area contributed by atoms with Crippen LogP contribution in [-0.2, 0) is 23.7 Å². The molecule has 0 bridgehead atoms. The van der Waals surface area contributed by atoms with Gasteiger partial charge >= 0.3 is 12.2 Å². The lowest BCUT2D eigenvalue weighted by Gasteiger charge is -2.29. The molecule has 0 spiro atoms. The molecule has 2 atom stereocenters. The van der Waals surface area contributed by atoms with Gasteiger partial charge < -0.3 is 48.8 Å². The predicted octanol–water partition coefficient (Wildman–Crippen LogP) is 12.0. The van der Waals surface area contributed by atoms with Gasteiger partial charge in [-0.05, 0) is 118 Å². The van der Waals surface area contributed by atoms with Crippen LogP contribution in [0.4, 0.5) is 9.59 Å². The van der Waals surface area contributed by atoms with Gasteiger partial charge in [0.1, 0.15) is 29.1 Å². The fourth-order valence-electron chi connectivity index (χ4n) is 7.84. The molecule has 3 aliphatic heterocycles. The second-order valence-electron chi connectivity index (χ2n) is 18.5. The molecule has 3 fully saturated rings. The molecule has 2 amide bonds. The van der Waals surface area contributed by atoms with Gasteiger partial charge in [0.25, 0.3) is 0 Å². The van der Waals surface area contributed by atoms with Crippen molar-refractivity contribution in [2.45, 2.75) is 77.8 Å². The SMILES string of the molecule is C1CCOC1.CC(C)OC(=O)N(N=P(c1ccccc1)(c1ccccc1)c1ccccc1)C(=O)OC(C)C.OC1CCOC1.Oc1ccc(-c2ccc(O)cc2)cc1.Oc1ccc(-c2ccc(OC3CCOC3)cc2)cc1. The molecule has 406 valence electrons. The number of hydrogen-bond donors (Lipinski definition) is 4. The fraction of sp³-hybridized carbons (Fsp3) is 0.290. The highest BCUT2D eigenvalue weighted by Crippen LogP contribution is 2.47. The molecule has 15 heteroatoms.